The van der Waals surface area contributed by atoms with Crippen LogP contribution in [0.2, 0.25) is 0 Å². The Bertz CT molecular complexity index is 773. The molecule has 0 fully saturated rings. The maximum Gasteiger partial charge on any atom is 0.261 e. The Hall–Kier alpha value is -2.54. The van der Waals surface area contributed by atoms with Crippen molar-refractivity contribution in [2.24, 2.45) is 5.73 Å². The van der Waals surface area contributed by atoms with Crippen LogP contribution in [0.1, 0.15) is 5.56 Å². The summed E-state index contributed by atoms with van der Waals surface area (Å²) in [7, 11) is -3.68. The molecule has 2 aromatic rings. The molecule has 0 aliphatic rings. The van der Waals surface area contributed by atoms with E-state index >= 15 is 0 Å². The Morgan fingerprint density at radius 2 is 1.86 bits per heavy atom. The minimum absolute atomic E-state index is 0.163. The van der Waals surface area contributed by atoms with Crippen LogP contribution in [-0.4, -0.2) is 20.9 Å². The van der Waals surface area contributed by atoms with E-state index in [4.69, 9.17) is 10.5 Å². The summed E-state index contributed by atoms with van der Waals surface area (Å²) in [5, 5.41) is 0. The smallest absolute Gasteiger partial charge is 0.261 e. The molecule has 0 atom stereocenters. The maximum absolute atomic E-state index is 12.3. The summed E-state index contributed by atoms with van der Waals surface area (Å²) in [6, 6.07) is 12.9. The molecule has 0 saturated carbocycles. The van der Waals surface area contributed by atoms with Crippen LogP contribution in [0.25, 0.3) is 0 Å². The van der Waals surface area contributed by atoms with E-state index in [0.29, 0.717) is 11.4 Å². The SMILES string of the molecule is Cc1cc(NS(=O)(=O)c2ccccc2)cc(OCC(N)=O)c1. The van der Waals surface area contributed by atoms with Crippen molar-refractivity contribution in [3.63, 3.8) is 0 Å². The van der Waals surface area contributed by atoms with Crippen LogP contribution in [0.4, 0.5) is 5.69 Å². The number of carbonyl (C=O) groups excluding carboxylic acids is 1. The second kappa shape index (κ2) is 6.48. The van der Waals surface area contributed by atoms with Gasteiger partial charge >= 0.3 is 0 Å². The summed E-state index contributed by atoms with van der Waals surface area (Å²) < 4.78 is 32.2. The highest BCUT2D eigenvalue weighted by molar-refractivity contribution is 7.92. The lowest BCUT2D eigenvalue weighted by atomic mass is 10.2. The number of rotatable bonds is 6. The minimum Gasteiger partial charge on any atom is -0.484 e. The van der Waals surface area contributed by atoms with Crippen molar-refractivity contribution in [3.05, 3.63) is 54.1 Å². The van der Waals surface area contributed by atoms with Crippen LogP contribution < -0.4 is 15.2 Å². The van der Waals surface area contributed by atoms with Gasteiger partial charge in [0.25, 0.3) is 15.9 Å². The highest BCUT2D eigenvalue weighted by Gasteiger charge is 2.14. The molecule has 2 rings (SSSR count). The molecule has 0 bridgehead atoms. The van der Waals surface area contributed by atoms with E-state index in [2.05, 4.69) is 4.72 Å². The molecule has 1 amide bonds. The Balaban J connectivity index is 2.24. The summed E-state index contributed by atoms with van der Waals surface area (Å²) in [6.07, 6.45) is 0. The van der Waals surface area contributed by atoms with E-state index in [9.17, 15) is 13.2 Å². The van der Waals surface area contributed by atoms with Gasteiger partial charge in [-0.15, -0.1) is 0 Å². The molecule has 6 nitrogen and oxygen atoms in total. The van der Waals surface area contributed by atoms with Crippen LogP contribution in [0.3, 0.4) is 0 Å². The molecule has 0 aliphatic carbocycles. The third-order valence-electron chi connectivity index (χ3n) is 2.74. The zero-order valence-electron chi connectivity index (χ0n) is 11.9. The molecule has 0 aliphatic heterocycles. The molecule has 0 unspecified atom stereocenters. The number of benzene rings is 2. The molecular weight excluding hydrogens is 304 g/mol. The first-order valence-corrected chi connectivity index (χ1v) is 7.96. The van der Waals surface area contributed by atoms with Crippen molar-refractivity contribution in [2.45, 2.75) is 11.8 Å². The first kappa shape index (κ1) is 15.8. The Kier molecular flexibility index (Phi) is 4.67. The monoisotopic (exact) mass is 320 g/mol. The van der Waals surface area contributed by atoms with Crippen molar-refractivity contribution in [3.8, 4) is 5.75 Å². The van der Waals surface area contributed by atoms with Gasteiger partial charge in [-0.05, 0) is 36.8 Å². The van der Waals surface area contributed by atoms with Gasteiger partial charge in [0.05, 0.1) is 10.6 Å². The summed E-state index contributed by atoms with van der Waals surface area (Å²) >= 11 is 0. The molecule has 22 heavy (non-hydrogen) atoms. The van der Waals surface area contributed by atoms with Crippen LogP contribution in [0.5, 0.6) is 5.75 Å². The number of sulfonamides is 1. The van der Waals surface area contributed by atoms with Crippen molar-refractivity contribution in [2.75, 3.05) is 11.3 Å². The second-order valence-electron chi connectivity index (χ2n) is 4.71. The minimum atomic E-state index is -3.68. The predicted octanol–water partition coefficient (Wildman–Crippen LogP) is 1.66. The second-order valence-corrected chi connectivity index (χ2v) is 6.39. The summed E-state index contributed by atoms with van der Waals surface area (Å²) in [5.74, 6) is -0.238. The summed E-state index contributed by atoms with van der Waals surface area (Å²) in [6.45, 7) is 1.52. The zero-order chi connectivity index (χ0) is 16.2. The molecule has 2 aromatic carbocycles. The average molecular weight is 320 g/mol. The lowest BCUT2D eigenvalue weighted by Gasteiger charge is -2.11. The number of amides is 1. The molecule has 0 saturated heterocycles. The quantitative estimate of drug-likeness (QED) is 0.845. The van der Waals surface area contributed by atoms with Crippen molar-refractivity contribution in [1.82, 2.24) is 0 Å². The topological polar surface area (TPSA) is 98.5 Å². The van der Waals surface area contributed by atoms with E-state index in [-0.39, 0.29) is 11.5 Å². The van der Waals surface area contributed by atoms with Gasteiger partial charge in [0.15, 0.2) is 6.61 Å². The van der Waals surface area contributed by atoms with Crippen LogP contribution in [0, 0.1) is 6.92 Å². The fourth-order valence-corrected chi connectivity index (χ4v) is 2.92. The number of nitrogens with one attached hydrogen (secondary N) is 1. The summed E-state index contributed by atoms with van der Waals surface area (Å²) in [4.78, 5) is 10.9. The van der Waals surface area contributed by atoms with Crippen LogP contribution >= 0.6 is 0 Å². The number of nitrogens with two attached hydrogens (primary N) is 1. The first-order chi connectivity index (χ1) is 10.4. The highest BCUT2D eigenvalue weighted by atomic mass is 32.2. The van der Waals surface area contributed by atoms with E-state index in [0.717, 1.165) is 5.56 Å². The normalized spacial score (nSPS) is 11.0. The lowest BCUT2D eigenvalue weighted by molar-refractivity contribution is -0.119. The fraction of sp³-hybridized carbons (Fsp3) is 0.133. The largest absolute Gasteiger partial charge is 0.484 e. The molecule has 0 heterocycles. The number of aryl methyl sites for hydroxylation is 1. The number of carbonyl (C=O) groups is 1. The molecular formula is C15H16N2O4S. The number of hydrogen-bond acceptors (Lipinski definition) is 4. The van der Waals surface area contributed by atoms with Gasteiger partial charge in [-0.25, -0.2) is 8.42 Å². The Morgan fingerprint density at radius 3 is 2.50 bits per heavy atom. The van der Waals surface area contributed by atoms with E-state index in [1.165, 1.54) is 18.2 Å². The van der Waals surface area contributed by atoms with Crippen molar-refractivity contribution < 1.29 is 17.9 Å². The zero-order valence-corrected chi connectivity index (χ0v) is 12.8. The Labute approximate surface area is 129 Å². The van der Waals surface area contributed by atoms with Gasteiger partial charge in [-0.3, -0.25) is 9.52 Å². The number of hydrogen-bond donors (Lipinski definition) is 2. The van der Waals surface area contributed by atoms with E-state index in [1.807, 2.05) is 0 Å². The molecule has 7 heteroatoms. The number of anilines is 1. The van der Waals surface area contributed by atoms with Gasteiger partial charge in [0.1, 0.15) is 5.75 Å². The van der Waals surface area contributed by atoms with Crippen molar-refractivity contribution >= 4 is 21.6 Å². The van der Waals surface area contributed by atoms with Crippen molar-refractivity contribution in [1.29, 1.82) is 0 Å². The predicted molar refractivity (Wildman–Crippen MR) is 83.1 cm³/mol. The van der Waals surface area contributed by atoms with Gasteiger partial charge < -0.3 is 10.5 Å². The highest BCUT2D eigenvalue weighted by Crippen LogP contribution is 2.23. The summed E-state index contributed by atoms with van der Waals surface area (Å²) in [5.41, 5.74) is 6.15. The first-order valence-electron chi connectivity index (χ1n) is 6.47. The van der Waals surface area contributed by atoms with Crippen LogP contribution in [-0.2, 0) is 14.8 Å². The average Bonchev–Trinajstić information content (AvgIpc) is 2.45. The Morgan fingerprint density at radius 1 is 1.18 bits per heavy atom. The lowest BCUT2D eigenvalue weighted by Crippen LogP contribution is -2.20. The molecule has 0 radical (unpaired) electrons. The van der Waals surface area contributed by atoms with Gasteiger partial charge in [0, 0.05) is 6.07 Å². The van der Waals surface area contributed by atoms with Gasteiger partial charge in [-0.1, -0.05) is 18.2 Å². The van der Waals surface area contributed by atoms with Gasteiger partial charge in [0.2, 0.25) is 0 Å². The third kappa shape index (κ3) is 4.23. The number of ether oxygens (including phenoxy) is 1. The van der Waals surface area contributed by atoms with E-state index < -0.39 is 15.9 Å². The van der Waals surface area contributed by atoms with Gasteiger partial charge in [-0.2, -0.15) is 0 Å². The standard InChI is InChI=1S/C15H16N2O4S/c1-11-7-12(9-13(8-11)21-10-15(16)18)17-22(19,20)14-5-3-2-4-6-14/h2-9,17H,10H2,1H3,(H2,16,18). The molecule has 3 N–H and O–H groups in total. The van der Waals surface area contributed by atoms with Crippen LogP contribution in [0.15, 0.2) is 53.4 Å². The molecule has 0 spiro atoms. The fourth-order valence-electron chi connectivity index (χ4n) is 1.86. The van der Waals surface area contributed by atoms with E-state index in [1.54, 1.807) is 37.3 Å². The molecule has 0 aromatic heterocycles. The maximum atomic E-state index is 12.3. The number of primary amides is 1. The molecule has 116 valence electrons. The third-order valence-corrected chi connectivity index (χ3v) is 4.13.